The molecule has 112 valence electrons. The molecule has 2 fully saturated rings. The maximum atomic E-state index is 5.46. The first kappa shape index (κ1) is 15.3. The minimum absolute atomic E-state index is 0.250. The molecule has 2 atom stereocenters. The number of hydrogen-bond donors (Lipinski definition) is 1. The highest BCUT2D eigenvalue weighted by Crippen LogP contribution is 2.27. The molecule has 1 saturated carbocycles. The highest BCUT2D eigenvalue weighted by molar-refractivity contribution is 4.88. The highest BCUT2D eigenvalue weighted by atomic mass is 16.5. The van der Waals surface area contributed by atoms with Crippen molar-refractivity contribution >= 4 is 0 Å². The van der Waals surface area contributed by atoms with Crippen molar-refractivity contribution in [2.24, 2.45) is 5.92 Å². The predicted octanol–water partition coefficient (Wildman–Crippen LogP) is 2.66. The minimum Gasteiger partial charge on any atom is -0.379 e. The van der Waals surface area contributed by atoms with Crippen LogP contribution in [-0.2, 0) is 4.74 Å². The number of rotatable bonds is 5. The fraction of sp³-hybridized carbons (Fsp3) is 1.00. The average molecular weight is 268 g/mol. The summed E-state index contributed by atoms with van der Waals surface area (Å²) in [6, 6.07) is 0.749. The first-order valence-corrected chi connectivity index (χ1v) is 8.19. The zero-order valence-corrected chi connectivity index (χ0v) is 13.1. The Morgan fingerprint density at radius 2 is 1.84 bits per heavy atom. The summed E-state index contributed by atoms with van der Waals surface area (Å²) in [5.74, 6) is 0.897. The lowest BCUT2D eigenvalue weighted by molar-refractivity contribution is -0.0113. The van der Waals surface area contributed by atoms with Crippen LogP contribution in [0.15, 0.2) is 0 Å². The predicted molar refractivity (Wildman–Crippen MR) is 80.5 cm³/mol. The third-order valence-electron chi connectivity index (χ3n) is 5.10. The van der Waals surface area contributed by atoms with Crippen LogP contribution in [-0.4, -0.2) is 49.3 Å². The van der Waals surface area contributed by atoms with Crippen LogP contribution in [0.3, 0.4) is 0 Å². The molecule has 2 rings (SSSR count). The van der Waals surface area contributed by atoms with Crippen molar-refractivity contribution in [2.45, 2.75) is 64.5 Å². The number of nitrogens with zero attached hydrogens (tertiary/aromatic N) is 1. The Balaban J connectivity index is 1.81. The van der Waals surface area contributed by atoms with Crippen LogP contribution in [0, 0.1) is 5.92 Å². The maximum absolute atomic E-state index is 5.46. The summed E-state index contributed by atoms with van der Waals surface area (Å²) in [5, 5.41) is 3.88. The molecule has 0 radical (unpaired) electrons. The van der Waals surface area contributed by atoms with Gasteiger partial charge in [-0.25, -0.2) is 0 Å². The van der Waals surface area contributed by atoms with E-state index in [0.717, 1.165) is 44.8 Å². The SMILES string of the molecule is CCC1CCCCC1NCC(C)(C)N1CCOCC1. The van der Waals surface area contributed by atoms with Crippen molar-refractivity contribution in [3.05, 3.63) is 0 Å². The fourth-order valence-corrected chi connectivity index (χ4v) is 3.63. The van der Waals surface area contributed by atoms with E-state index in [9.17, 15) is 0 Å². The first-order valence-electron chi connectivity index (χ1n) is 8.19. The number of ether oxygens (including phenoxy) is 1. The molecule has 3 nitrogen and oxygen atoms in total. The van der Waals surface area contributed by atoms with Gasteiger partial charge < -0.3 is 10.1 Å². The zero-order chi connectivity index (χ0) is 13.7. The van der Waals surface area contributed by atoms with E-state index in [1.165, 1.54) is 32.1 Å². The van der Waals surface area contributed by atoms with E-state index >= 15 is 0 Å². The Kier molecular flexibility index (Phi) is 5.67. The van der Waals surface area contributed by atoms with Crippen molar-refractivity contribution in [2.75, 3.05) is 32.8 Å². The standard InChI is InChI=1S/C16H32N2O/c1-4-14-7-5-6-8-15(14)17-13-16(2,3)18-9-11-19-12-10-18/h14-15,17H,4-13H2,1-3H3. The number of morpholine rings is 1. The molecule has 1 heterocycles. The molecule has 3 heteroatoms. The van der Waals surface area contributed by atoms with Gasteiger partial charge in [0.2, 0.25) is 0 Å². The lowest BCUT2D eigenvalue weighted by Crippen LogP contribution is -2.56. The van der Waals surface area contributed by atoms with Gasteiger partial charge in [0.1, 0.15) is 0 Å². The van der Waals surface area contributed by atoms with E-state index in [2.05, 4.69) is 31.0 Å². The lowest BCUT2D eigenvalue weighted by Gasteiger charge is -2.43. The molecule has 1 N–H and O–H groups in total. The summed E-state index contributed by atoms with van der Waals surface area (Å²) in [6.07, 6.45) is 6.97. The van der Waals surface area contributed by atoms with Gasteiger partial charge in [-0.15, -0.1) is 0 Å². The van der Waals surface area contributed by atoms with Gasteiger partial charge in [-0.3, -0.25) is 4.90 Å². The quantitative estimate of drug-likeness (QED) is 0.829. The molecular weight excluding hydrogens is 236 g/mol. The highest BCUT2D eigenvalue weighted by Gasteiger charge is 2.30. The second kappa shape index (κ2) is 7.05. The summed E-state index contributed by atoms with van der Waals surface area (Å²) in [6.45, 7) is 12.1. The molecule has 1 saturated heterocycles. The topological polar surface area (TPSA) is 24.5 Å². The molecular formula is C16H32N2O. The molecule has 1 aliphatic heterocycles. The Morgan fingerprint density at radius 1 is 1.16 bits per heavy atom. The van der Waals surface area contributed by atoms with Crippen molar-refractivity contribution in [1.82, 2.24) is 10.2 Å². The second-order valence-electron chi connectivity index (χ2n) is 6.85. The van der Waals surface area contributed by atoms with E-state index in [4.69, 9.17) is 4.74 Å². The van der Waals surface area contributed by atoms with Gasteiger partial charge in [0.15, 0.2) is 0 Å². The lowest BCUT2D eigenvalue weighted by atomic mass is 9.82. The van der Waals surface area contributed by atoms with Gasteiger partial charge in [0.25, 0.3) is 0 Å². The number of hydrogen-bond acceptors (Lipinski definition) is 3. The van der Waals surface area contributed by atoms with Crippen LogP contribution in [0.1, 0.15) is 52.9 Å². The van der Waals surface area contributed by atoms with Crippen LogP contribution in [0.25, 0.3) is 0 Å². The summed E-state index contributed by atoms with van der Waals surface area (Å²) in [7, 11) is 0. The molecule has 0 aromatic heterocycles. The van der Waals surface area contributed by atoms with Crippen molar-refractivity contribution < 1.29 is 4.74 Å². The maximum Gasteiger partial charge on any atom is 0.0594 e. The molecule has 1 aliphatic carbocycles. The van der Waals surface area contributed by atoms with Crippen LogP contribution >= 0.6 is 0 Å². The molecule has 19 heavy (non-hydrogen) atoms. The molecule has 2 unspecified atom stereocenters. The smallest absolute Gasteiger partial charge is 0.0594 e. The molecule has 0 aromatic carbocycles. The van der Waals surface area contributed by atoms with Crippen molar-refractivity contribution in [3.63, 3.8) is 0 Å². The third kappa shape index (κ3) is 4.17. The summed E-state index contributed by atoms with van der Waals surface area (Å²) < 4.78 is 5.46. The van der Waals surface area contributed by atoms with Gasteiger partial charge in [-0.05, 0) is 32.6 Å². The minimum atomic E-state index is 0.250. The second-order valence-corrected chi connectivity index (χ2v) is 6.85. The molecule has 0 spiro atoms. The van der Waals surface area contributed by atoms with E-state index in [0.29, 0.717) is 0 Å². The Hall–Kier alpha value is -0.120. The Bertz CT molecular complexity index is 261. The molecule has 2 aliphatic rings. The largest absolute Gasteiger partial charge is 0.379 e. The number of nitrogens with one attached hydrogen (secondary N) is 1. The summed E-state index contributed by atoms with van der Waals surface area (Å²) in [4.78, 5) is 2.58. The van der Waals surface area contributed by atoms with Gasteiger partial charge in [-0.2, -0.15) is 0 Å². The normalized spacial score (nSPS) is 30.5. The molecule has 0 aromatic rings. The molecule has 0 amide bonds. The Labute approximate surface area is 119 Å². The van der Waals surface area contributed by atoms with E-state index in [1.807, 2.05) is 0 Å². The monoisotopic (exact) mass is 268 g/mol. The van der Waals surface area contributed by atoms with Crippen LogP contribution in [0.5, 0.6) is 0 Å². The average Bonchev–Trinajstić information content (AvgIpc) is 2.46. The van der Waals surface area contributed by atoms with E-state index in [-0.39, 0.29) is 5.54 Å². The first-order chi connectivity index (χ1) is 9.13. The van der Waals surface area contributed by atoms with Crippen LogP contribution in [0.4, 0.5) is 0 Å². The fourth-order valence-electron chi connectivity index (χ4n) is 3.63. The van der Waals surface area contributed by atoms with E-state index in [1.54, 1.807) is 0 Å². The third-order valence-corrected chi connectivity index (χ3v) is 5.10. The van der Waals surface area contributed by atoms with Crippen molar-refractivity contribution in [3.8, 4) is 0 Å². The van der Waals surface area contributed by atoms with Gasteiger partial charge >= 0.3 is 0 Å². The zero-order valence-electron chi connectivity index (χ0n) is 13.1. The van der Waals surface area contributed by atoms with Gasteiger partial charge in [0, 0.05) is 31.2 Å². The van der Waals surface area contributed by atoms with Crippen LogP contribution in [0.2, 0.25) is 0 Å². The van der Waals surface area contributed by atoms with Crippen LogP contribution < -0.4 is 5.32 Å². The summed E-state index contributed by atoms with van der Waals surface area (Å²) in [5.41, 5.74) is 0.250. The summed E-state index contributed by atoms with van der Waals surface area (Å²) >= 11 is 0. The van der Waals surface area contributed by atoms with Gasteiger partial charge in [-0.1, -0.05) is 26.2 Å². The molecule has 0 bridgehead atoms. The van der Waals surface area contributed by atoms with Gasteiger partial charge in [0.05, 0.1) is 13.2 Å². The van der Waals surface area contributed by atoms with Crippen molar-refractivity contribution in [1.29, 1.82) is 0 Å². The Morgan fingerprint density at radius 3 is 2.53 bits per heavy atom. The van der Waals surface area contributed by atoms with E-state index < -0.39 is 0 Å².